The van der Waals surface area contributed by atoms with Gasteiger partial charge in [-0.05, 0) is 38.5 Å². The van der Waals surface area contributed by atoms with E-state index in [1.165, 1.54) is 0 Å². The molecule has 0 aromatic rings. The van der Waals surface area contributed by atoms with Crippen molar-refractivity contribution in [2.75, 3.05) is 36.2 Å². The van der Waals surface area contributed by atoms with Crippen LogP contribution in [0, 0.1) is 0 Å². The topological polar surface area (TPSA) is 77.5 Å². The van der Waals surface area contributed by atoms with Gasteiger partial charge in [0.2, 0.25) is 0 Å². The average molecular weight is 427 g/mol. The summed E-state index contributed by atoms with van der Waals surface area (Å²) in [6.07, 6.45) is 10.6. The van der Waals surface area contributed by atoms with Crippen molar-refractivity contribution in [3.63, 3.8) is 0 Å². The van der Waals surface area contributed by atoms with Gasteiger partial charge in [0.15, 0.2) is 0 Å². The van der Waals surface area contributed by atoms with Crippen molar-refractivity contribution in [3.05, 3.63) is 0 Å². The van der Waals surface area contributed by atoms with Gasteiger partial charge in [-0.25, -0.2) is 16.8 Å². The first-order valence-corrected chi connectivity index (χ1v) is 14.5. The van der Waals surface area contributed by atoms with E-state index >= 15 is 0 Å². The Morgan fingerprint density at radius 1 is 0.481 bits per heavy atom. The molecule has 0 unspecified atom stereocenters. The van der Waals surface area contributed by atoms with Crippen molar-refractivity contribution in [1.29, 1.82) is 0 Å². The van der Waals surface area contributed by atoms with Crippen LogP contribution in [0.4, 0.5) is 0 Å². The highest BCUT2D eigenvalue weighted by Gasteiger charge is 2.10. The van der Waals surface area contributed by atoms with Crippen molar-refractivity contribution < 1.29 is 21.6 Å². The first kappa shape index (κ1) is 26.9. The zero-order chi connectivity index (χ0) is 20.4. The highest BCUT2D eigenvalue weighted by Crippen LogP contribution is 2.07. The van der Waals surface area contributed by atoms with E-state index in [0.717, 1.165) is 64.2 Å². The summed E-state index contributed by atoms with van der Waals surface area (Å²) in [4.78, 5) is 0. The molecule has 0 N–H and O–H groups in total. The van der Waals surface area contributed by atoms with Crippen LogP contribution in [0.25, 0.3) is 0 Å². The summed E-state index contributed by atoms with van der Waals surface area (Å²) in [5.41, 5.74) is 0. The minimum atomic E-state index is -2.87. The molecule has 0 saturated carbocycles. The summed E-state index contributed by atoms with van der Waals surface area (Å²) >= 11 is 0. The van der Waals surface area contributed by atoms with Gasteiger partial charge in [0.05, 0.1) is 23.0 Å². The molecule has 0 rings (SSSR count). The number of hydrogen-bond donors (Lipinski definition) is 0. The van der Waals surface area contributed by atoms with Gasteiger partial charge in [0.1, 0.15) is 19.7 Å². The molecule has 0 aliphatic rings. The lowest BCUT2D eigenvalue weighted by Crippen LogP contribution is -2.11. The van der Waals surface area contributed by atoms with E-state index in [2.05, 4.69) is 13.8 Å². The quantitative estimate of drug-likeness (QED) is 0.267. The van der Waals surface area contributed by atoms with Crippen molar-refractivity contribution in [2.45, 2.75) is 90.9 Å². The van der Waals surface area contributed by atoms with E-state index in [0.29, 0.717) is 49.1 Å². The lowest BCUT2D eigenvalue weighted by Gasteiger charge is -2.06. The molecule has 0 radical (unpaired) electrons. The zero-order valence-electron chi connectivity index (χ0n) is 17.6. The van der Waals surface area contributed by atoms with Crippen molar-refractivity contribution in [2.24, 2.45) is 0 Å². The average Bonchev–Trinajstić information content (AvgIpc) is 2.59. The first-order chi connectivity index (χ1) is 12.8. The fourth-order valence-corrected chi connectivity index (χ4v) is 5.84. The first-order valence-electron chi connectivity index (χ1n) is 10.8. The molecule has 0 atom stereocenters. The van der Waals surface area contributed by atoms with E-state index in [4.69, 9.17) is 4.74 Å². The third kappa shape index (κ3) is 19.0. The van der Waals surface area contributed by atoms with Gasteiger partial charge in [-0.3, -0.25) is 0 Å². The summed E-state index contributed by atoms with van der Waals surface area (Å²) < 4.78 is 52.8. The Balaban J connectivity index is 3.45. The lowest BCUT2D eigenvalue weighted by molar-refractivity contribution is 0.126. The molecule has 0 bridgehead atoms. The Hall–Kier alpha value is -0.140. The van der Waals surface area contributed by atoms with Crippen LogP contribution < -0.4 is 0 Å². The molecule has 0 saturated heterocycles. The molecule has 27 heavy (non-hydrogen) atoms. The molecule has 5 nitrogen and oxygen atoms in total. The second kappa shape index (κ2) is 16.8. The van der Waals surface area contributed by atoms with Crippen LogP contribution in [0.3, 0.4) is 0 Å². The van der Waals surface area contributed by atoms with Crippen molar-refractivity contribution in [1.82, 2.24) is 0 Å². The van der Waals surface area contributed by atoms with E-state index in [9.17, 15) is 16.8 Å². The maximum atomic E-state index is 11.8. The van der Waals surface area contributed by atoms with Crippen LogP contribution in [-0.2, 0) is 24.4 Å². The Labute approximate surface area is 168 Å². The molecule has 0 fully saturated rings. The third-order valence-electron chi connectivity index (χ3n) is 4.61. The van der Waals surface area contributed by atoms with Crippen molar-refractivity contribution in [3.8, 4) is 0 Å². The SMILES string of the molecule is CCCCCS(=O)(=O)CCCCCOCCCCCS(=O)(=O)CCCCC. The van der Waals surface area contributed by atoms with Gasteiger partial charge in [-0.1, -0.05) is 52.4 Å². The van der Waals surface area contributed by atoms with Crippen LogP contribution in [0.5, 0.6) is 0 Å². The predicted molar refractivity (Wildman–Crippen MR) is 115 cm³/mol. The summed E-state index contributed by atoms with van der Waals surface area (Å²) in [5, 5.41) is 0. The van der Waals surface area contributed by atoms with Crippen LogP contribution in [0.15, 0.2) is 0 Å². The summed E-state index contributed by atoms with van der Waals surface area (Å²) in [6.45, 7) is 5.46. The number of rotatable bonds is 20. The molecule has 0 amide bonds. The molecule has 0 aliphatic carbocycles. The van der Waals surface area contributed by atoms with Crippen LogP contribution in [-0.4, -0.2) is 53.1 Å². The Kier molecular flexibility index (Phi) is 16.7. The molecule has 0 spiro atoms. The van der Waals surface area contributed by atoms with Gasteiger partial charge in [-0.2, -0.15) is 0 Å². The third-order valence-corrected chi connectivity index (χ3v) is 8.25. The molecule has 164 valence electrons. The zero-order valence-corrected chi connectivity index (χ0v) is 19.2. The van der Waals surface area contributed by atoms with Gasteiger partial charge in [-0.15, -0.1) is 0 Å². The van der Waals surface area contributed by atoms with Crippen molar-refractivity contribution >= 4 is 19.7 Å². The molecule has 0 aliphatic heterocycles. The second-order valence-electron chi connectivity index (χ2n) is 7.45. The fraction of sp³-hybridized carbons (Fsp3) is 1.00. The highest BCUT2D eigenvalue weighted by atomic mass is 32.2. The maximum Gasteiger partial charge on any atom is 0.150 e. The normalized spacial score (nSPS) is 12.5. The fourth-order valence-electron chi connectivity index (χ4n) is 2.86. The smallest absolute Gasteiger partial charge is 0.150 e. The Morgan fingerprint density at radius 3 is 1.15 bits per heavy atom. The molecule has 7 heteroatoms. The van der Waals surface area contributed by atoms with Gasteiger partial charge < -0.3 is 4.74 Å². The lowest BCUT2D eigenvalue weighted by atomic mass is 10.2. The van der Waals surface area contributed by atoms with Crippen LogP contribution in [0.1, 0.15) is 90.9 Å². The van der Waals surface area contributed by atoms with Crippen LogP contribution >= 0.6 is 0 Å². The summed E-state index contributed by atoms with van der Waals surface area (Å²) in [6, 6.07) is 0. The number of ether oxygens (including phenoxy) is 1. The van der Waals surface area contributed by atoms with E-state index < -0.39 is 19.7 Å². The Bertz CT molecular complexity index is 479. The monoisotopic (exact) mass is 426 g/mol. The molecule has 0 aromatic carbocycles. The van der Waals surface area contributed by atoms with Gasteiger partial charge in [0.25, 0.3) is 0 Å². The summed E-state index contributed by atoms with van der Waals surface area (Å²) in [5.74, 6) is 1.24. The highest BCUT2D eigenvalue weighted by molar-refractivity contribution is 7.91. The molecule has 0 heterocycles. The molecule has 0 aromatic heterocycles. The maximum absolute atomic E-state index is 11.8. The molecular weight excluding hydrogens is 384 g/mol. The van der Waals surface area contributed by atoms with Gasteiger partial charge in [0, 0.05) is 13.2 Å². The Morgan fingerprint density at radius 2 is 0.815 bits per heavy atom. The standard InChI is InChI=1S/C20H42O5S2/c1-3-5-11-17-26(21,22)19-13-7-9-15-25-16-10-8-14-20-27(23,24)18-12-6-4-2/h3-20H2,1-2H3. The number of hydrogen-bond acceptors (Lipinski definition) is 5. The van der Waals surface area contributed by atoms with E-state index in [1.807, 2.05) is 0 Å². The van der Waals surface area contributed by atoms with Gasteiger partial charge >= 0.3 is 0 Å². The number of sulfone groups is 2. The second-order valence-corrected chi connectivity index (χ2v) is 12.1. The molecular formula is C20H42O5S2. The minimum absolute atomic E-state index is 0.295. The van der Waals surface area contributed by atoms with E-state index in [-0.39, 0.29) is 0 Å². The summed E-state index contributed by atoms with van der Waals surface area (Å²) in [7, 11) is -5.74. The minimum Gasteiger partial charge on any atom is -0.381 e. The van der Waals surface area contributed by atoms with Crippen LogP contribution in [0.2, 0.25) is 0 Å². The number of unbranched alkanes of at least 4 members (excludes halogenated alkanes) is 8. The van der Waals surface area contributed by atoms with E-state index in [1.54, 1.807) is 0 Å². The largest absolute Gasteiger partial charge is 0.381 e. The predicted octanol–water partition coefficient (Wildman–Crippen LogP) is 4.55.